The maximum Gasteiger partial charge on any atom is 0.393 e. The van der Waals surface area contributed by atoms with Crippen molar-refractivity contribution >= 4 is 23.0 Å². The van der Waals surface area contributed by atoms with E-state index in [1.807, 2.05) is 0 Å². The van der Waals surface area contributed by atoms with Gasteiger partial charge in [-0.15, -0.1) is 0 Å². The second-order valence-electron chi connectivity index (χ2n) is 4.65. The summed E-state index contributed by atoms with van der Waals surface area (Å²) in [7, 11) is 0. The molecular weight excluding hydrogens is 284 g/mol. The highest BCUT2D eigenvalue weighted by molar-refractivity contribution is 6.31. The monoisotopic (exact) mass is 296 g/mol. The van der Waals surface area contributed by atoms with Gasteiger partial charge in [-0.05, 0) is 18.9 Å². The lowest BCUT2D eigenvalue weighted by Gasteiger charge is -2.35. The molecule has 0 radical (unpaired) electrons. The summed E-state index contributed by atoms with van der Waals surface area (Å²) in [6.07, 6.45) is -3.75. The summed E-state index contributed by atoms with van der Waals surface area (Å²) < 4.78 is 51.6. The molecule has 1 unspecified atom stereocenters. The molecule has 106 valence electrons. The Labute approximate surface area is 113 Å². The zero-order chi connectivity index (χ0) is 14.2. The van der Waals surface area contributed by atoms with E-state index in [1.54, 1.807) is 0 Å². The fraction of sp³-hybridized carbons (Fsp3) is 0.500. The smallest absolute Gasteiger partial charge is 0.393 e. The van der Waals surface area contributed by atoms with Crippen molar-refractivity contribution in [3.05, 3.63) is 23.0 Å². The number of benzene rings is 1. The number of hydrogen-bond acceptors (Lipinski definition) is 2. The van der Waals surface area contributed by atoms with E-state index in [1.165, 1.54) is 11.0 Å². The summed E-state index contributed by atoms with van der Waals surface area (Å²) in [6.45, 7) is 0.229. The summed E-state index contributed by atoms with van der Waals surface area (Å²) in [4.78, 5) is 1.47. The van der Waals surface area contributed by atoms with Crippen LogP contribution in [0.1, 0.15) is 12.8 Å². The lowest BCUT2D eigenvalue weighted by atomic mass is 9.97. The predicted octanol–water partition coefficient (Wildman–Crippen LogP) is 3.84. The molecule has 1 fully saturated rings. The van der Waals surface area contributed by atoms with Gasteiger partial charge in [0.15, 0.2) is 0 Å². The molecule has 1 aromatic carbocycles. The first kappa shape index (κ1) is 14.2. The molecule has 1 saturated heterocycles. The summed E-state index contributed by atoms with van der Waals surface area (Å²) >= 11 is 5.57. The number of nitrogens with zero attached hydrogens (tertiary/aromatic N) is 1. The Bertz CT molecular complexity index is 476. The lowest BCUT2D eigenvalue weighted by Crippen LogP contribution is -2.42. The van der Waals surface area contributed by atoms with Gasteiger partial charge in [-0.2, -0.15) is 13.2 Å². The van der Waals surface area contributed by atoms with E-state index in [9.17, 15) is 17.6 Å². The average Bonchev–Trinajstić information content (AvgIpc) is 2.33. The number of piperidine rings is 1. The lowest BCUT2D eigenvalue weighted by molar-refractivity contribution is -0.175. The van der Waals surface area contributed by atoms with Crippen molar-refractivity contribution < 1.29 is 17.6 Å². The van der Waals surface area contributed by atoms with Gasteiger partial charge in [-0.3, -0.25) is 0 Å². The Balaban J connectivity index is 2.25. The predicted molar refractivity (Wildman–Crippen MR) is 66.8 cm³/mol. The van der Waals surface area contributed by atoms with E-state index < -0.39 is 17.9 Å². The van der Waals surface area contributed by atoms with Crippen LogP contribution in [0.4, 0.5) is 28.9 Å². The summed E-state index contributed by atoms with van der Waals surface area (Å²) in [5, 5.41) is -0.134. The normalized spacial score (nSPS) is 20.7. The summed E-state index contributed by atoms with van der Waals surface area (Å²) in [5.74, 6) is -2.08. The van der Waals surface area contributed by atoms with Gasteiger partial charge in [-0.1, -0.05) is 11.6 Å². The van der Waals surface area contributed by atoms with E-state index in [4.69, 9.17) is 17.3 Å². The quantitative estimate of drug-likeness (QED) is 0.630. The maximum atomic E-state index is 13.4. The van der Waals surface area contributed by atoms with E-state index in [0.717, 1.165) is 6.07 Å². The Hall–Kier alpha value is -1.17. The first-order valence-corrected chi connectivity index (χ1v) is 6.23. The standard InChI is InChI=1S/C12H13ClF4N2/c13-8-4-10(18)11(5-9(8)14)19-3-1-2-7(6-19)12(15,16)17/h4-5,7H,1-3,6,18H2. The van der Waals surface area contributed by atoms with Crippen LogP contribution in [0.3, 0.4) is 0 Å². The first-order valence-electron chi connectivity index (χ1n) is 5.85. The van der Waals surface area contributed by atoms with Crippen LogP contribution in [0.15, 0.2) is 12.1 Å². The Morgan fingerprint density at radius 1 is 1.32 bits per heavy atom. The molecule has 0 spiro atoms. The number of nitrogen functional groups attached to an aromatic ring is 1. The van der Waals surface area contributed by atoms with Crippen LogP contribution < -0.4 is 10.6 Å². The van der Waals surface area contributed by atoms with E-state index in [0.29, 0.717) is 13.0 Å². The highest BCUT2D eigenvalue weighted by Crippen LogP contribution is 2.37. The van der Waals surface area contributed by atoms with Gasteiger partial charge in [0.25, 0.3) is 0 Å². The van der Waals surface area contributed by atoms with Crippen molar-refractivity contribution in [1.82, 2.24) is 0 Å². The summed E-state index contributed by atoms with van der Waals surface area (Å²) in [6, 6.07) is 2.32. The van der Waals surface area contributed by atoms with Gasteiger partial charge in [0.1, 0.15) is 5.82 Å². The molecule has 0 saturated carbocycles. The minimum atomic E-state index is -4.24. The molecule has 0 aromatic heterocycles. The second kappa shape index (κ2) is 5.07. The van der Waals surface area contributed by atoms with Crippen molar-refractivity contribution in [2.75, 3.05) is 23.7 Å². The van der Waals surface area contributed by atoms with Crippen molar-refractivity contribution in [3.63, 3.8) is 0 Å². The fourth-order valence-corrected chi connectivity index (χ4v) is 2.46. The molecule has 2 nitrogen and oxygen atoms in total. The molecule has 7 heteroatoms. The van der Waals surface area contributed by atoms with E-state index in [-0.39, 0.29) is 29.4 Å². The molecule has 1 aliphatic rings. The Morgan fingerprint density at radius 2 is 2.00 bits per heavy atom. The van der Waals surface area contributed by atoms with Crippen LogP contribution in [0.2, 0.25) is 5.02 Å². The minimum Gasteiger partial charge on any atom is -0.397 e. The van der Waals surface area contributed by atoms with Crippen molar-refractivity contribution in [1.29, 1.82) is 0 Å². The van der Waals surface area contributed by atoms with Crippen molar-refractivity contribution in [3.8, 4) is 0 Å². The molecule has 1 aliphatic heterocycles. The third-order valence-corrected chi connectivity index (χ3v) is 3.58. The minimum absolute atomic E-state index is 0.0932. The van der Waals surface area contributed by atoms with Gasteiger partial charge in [0.05, 0.1) is 22.3 Å². The molecule has 0 aliphatic carbocycles. The second-order valence-corrected chi connectivity index (χ2v) is 5.06. The molecule has 2 rings (SSSR count). The largest absolute Gasteiger partial charge is 0.397 e. The Morgan fingerprint density at radius 3 is 2.63 bits per heavy atom. The zero-order valence-electron chi connectivity index (χ0n) is 9.97. The molecule has 0 amide bonds. The third kappa shape index (κ3) is 3.05. The number of alkyl halides is 3. The van der Waals surface area contributed by atoms with Crippen molar-refractivity contribution in [2.24, 2.45) is 5.92 Å². The van der Waals surface area contributed by atoms with Gasteiger partial charge < -0.3 is 10.6 Å². The van der Waals surface area contributed by atoms with Crippen LogP contribution >= 0.6 is 11.6 Å². The molecule has 2 N–H and O–H groups in total. The van der Waals surface area contributed by atoms with Gasteiger partial charge >= 0.3 is 6.18 Å². The van der Waals surface area contributed by atoms with Crippen LogP contribution in [0.25, 0.3) is 0 Å². The summed E-state index contributed by atoms with van der Waals surface area (Å²) in [5.41, 5.74) is 6.16. The van der Waals surface area contributed by atoms with Crippen LogP contribution in [-0.2, 0) is 0 Å². The molecule has 0 bridgehead atoms. The first-order chi connectivity index (χ1) is 8.79. The number of rotatable bonds is 1. The van der Waals surface area contributed by atoms with Crippen LogP contribution in [0, 0.1) is 11.7 Å². The number of hydrogen-bond donors (Lipinski definition) is 1. The number of halogens is 5. The highest BCUT2D eigenvalue weighted by atomic mass is 35.5. The maximum absolute atomic E-state index is 13.4. The molecule has 1 atom stereocenters. The molecular formula is C12H13ClF4N2. The van der Waals surface area contributed by atoms with Gasteiger partial charge in [0.2, 0.25) is 0 Å². The SMILES string of the molecule is Nc1cc(Cl)c(F)cc1N1CCCC(C(F)(F)F)C1. The van der Waals surface area contributed by atoms with E-state index in [2.05, 4.69) is 0 Å². The zero-order valence-corrected chi connectivity index (χ0v) is 10.7. The average molecular weight is 297 g/mol. The molecule has 1 aromatic rings. The topological polar surface area (TPSA) is 29.3 Å². The highest BCUT2D eigenvalue weighted by Gasteiger charge is 2.42. The van der Waals surface area contributed by atoms with E-state index >= 15 is 0 Å². The molecule has 1 heterocycles. The van der Waals surface area contributed by atoms with Crippen LogP contribution in [-0.4, -0.2) is 19.3 Å². The van der Waals surface area contributed by atoms with Crippen LogP contribution in [0.5, 0.6) is 0 Å². The van der Waals surface area contributed by atoms with Gasteiger partial charge in [-0.25, -0.2) is 4.39 Å². The Kier molecular flexibility index (Phi) is 3.80. The third-order valence-electron chi connectivity index (χ3n) is 3.29. The van der Waals surface area contributed by atoms with Gasteiger partial charge in [0, 0.05) is 19.2 Å². The fourth-order valence-electron chi connectivity index (χ4n) is 2.29. The molecule has 19 heavy (non-hydrogen) atoms. The number of anilines is 2. The van der Waals surface area contributed by atoms with Crippen molar-refractivity contribution in [2.45, 2.75) is 19.0 Å². The number of nitrogens with two attached hydrogens (primary N) is 1.